The van der Waals surface area contributed by atoms with Gasteiger partial charge in [-0.15, -0.1) is 11.8 Å². The van der Waals surface area contributed by atoms with Crippen LogP contribution in [0.5, 0.6) is 0 Å². The largest absolute Gasteiger partial charge is 0.346 e. The molecule has 0 bridgehead atoms. The fraction of sp³-hybridized carbons (Fsp3) is 0.176. The van der Waals surface area contributed by atoms with Gasteiger partial charge in [-0.2, -0.15) is 0 Å². The van der Waals surface area contributed by atoms with Crippen molar-refractivity contribution >= 4 is 45.2 Å². The van der Waals surface area contributed by atoms with Crippen molar-refractivity contribution in [3.63, 3.8) is 0 Å². The topological polar surface area (TPSA) is 58.2 Å². The Bertz CT molecular complexity index is 706. The molecule has 0 fully saturated rings. The molecule has 120 valence electrons. The van der Waals surface area contributed by atoms with E-state index in [0.29, 0.717) is 5.69 Å². The van der Waals surface area contributed by atoms with Crippen molar-refractivity contribution in [3.8, 4) is 0 Å². The summed E-state index contributed by atoms with van der Waals surface area (Å²) in [5.41, 5.74) is 1.84. The smallest absolute Gasteiger partial charge is 0.243 e. The van der Waals surface area contributed by atoms with Gasteiger partial charge in [0.2, 0.25) is 11.8 Å². The van der Waals surface area contributed by atoms with Gasteiger partial charge in [0.25, 0.3) is 0 Å². The molecule has 0 saturated heterocycles. The SMILES string of the molecule is Cc1cccc(SCC(=O)NCC(=O)Nc2ccccc2Br)c1. The van der Waals surface area contributed by atoms with E-state index in [2.05, 4.69) is 26.6 Å². The van der Waals surface area contributed by atoms with E-state index < -0.39 is 0 Å². The van der Waals surface area contributed by atoms with Crippen molar-refractivity contribution in [2.24, 2.45) is 0 Å². The van der Waals surface area contributed by atoms with E-state index >= 15 is 0 Å². The molecule has 6 heteroatoms. The quantitative estimate of drug-likeness (QED) is 0.738. The van der Waals surface area contributed by atoms with Gasteiger partial charge in [0, 0.05) is 9.37 Å². The van der Waals surface area contributed by atoms with Crippen LogP contribution >= 0.6 is 27.7 Å². The number of anilines is 1. The van der Waals surface area contributed by atoms with E-state index in [9.17, 15) is 9.59 Å². The molecular formula is C17H17BrN2O2S. The van der Waals surface area contributed by atoms with E-state index in [-0.39, 0.29) is 24.1 Å². The molecule has 0 heterocycles. The second kappa shape index (κ2) is 8.74. The predicted octanol–water partition coefficient (Wildman–Crippen LogP) is 3.60. The number of amides is 2. The first-order valence-corrected chi connectivity index (χ1v) is 8.83. The van der Waals surface area contributed by atoms with Crippen molar-refractivity contribution in [2.45, 2.75) is 11.8 Å². The number of carbonyl (C=O) groups is 2. The Kier molecular flexibility index (Phi) is 6.67. The molecule has 0 aliphatic carbocycles. The van der Waals surface area contributed by atoms with Crippen LogP contribution in [0.15, 0.2) is 57.9 Å². The third-order valence-electron chi connectivity index (χ3n) is 2.95. The molecule has 0 spiro atoms. The van der Waals surface area contributed by atoms with Crippen LogP contribution < -0.4 is 10.6 Å². The van der Waals surface area contributed by atoms with Gasteiger partial charge in [-0.25, -0.2) is 0 Å². The molecule has 2 N–H and O–H groups in total. The zero-order valence-corrected chi connectivity index (χ0v) is 15.0. The highest BCUT2D eigenvalue weighted by molar-refractivity contribution is 9.10. The number of nitrogens with one attached hydrogen (secondary N) is 2. The number of halogens is 1. The first-order chi connectivity index (χ1) is 11.0. The van der Waals surface area contributed by atoms with E-state index in [4.69, 9.17) is 0 Å². The zero-order chi connectivity index (χ0) is 16.7. The zero-order valence-electron chi connectivity index (χ0n) is 12.6. The number of para-hydroxylation sites is 1. The van der Waals surface area contributed by atoms with Gasteiger partial charge in [0.15, 0.2) is 0 Å². The normalized spacial score (nSPS) is 10.2. The number of hydrogen-bond donors (Lipinski definition) is 2. The maximum Gasteiger partial charge on any atom is 0.243 e. The first kappa shape index (κ1) is 17.6. The highest BCUT2D eigenvalue weighted by atomic mass is 79.9. The number of hydrogen-bond acceptors (Lipinski definition) is 3. The summed E-state index contributed by atoms with van der Waals surface area (Å²) in [7, 11) is 0. The van der Waals surface area contributed by atoms with Gasteiger partial charge in [-0.05, 0) is 47.1 Å². The van der Waals surface area contributed by atoms with E-state index in [0.717, 1.165) is 14.9 Å². The highest BCUT2D eigenvalue weighted by Crippen LogP contribution is 2.21. The number of carbonyl (C=O) groups excluding carboxylic acids is 2. The lowest BCUT2D eigenvalue weighted by Gasteiger charge is -2.08. The molecule has 0 radical (unpaired) electrons. The Hall–Kier alpha value is -1.79. The molecule has 2 amide bonds. The summed E-state index contributed by atoms with van der Waals surface area (Å²) in [6.07, 6.45) is 0. The number of aryl methyl sites for hydroxylation is 1. The fourth-order valence-electron chi connectivity index (χ4n) is 1.84. The summed E-state index contributed by atoms with van der Waals surface area (Å²) in [4.78, 5) is 24.7. The Morgan fingerprint density at radius 1 is 1.09 bits per heavy atom. The summed E-state index contributed by atoms with van der Waals surface area (Å²) >= 11 is 4.81. The monoisotopic (exact) mass is 392 g/mol. The summed E-state index contributed by atoms with van der Waals surface area (Å²) in [6, 6.07) is 15.3. The van der Waals surface area contributed by atoms with Crippen molar-refractivity contribution in [2.75, 3.05) is 17.6 Å². The van der Waals surface area contributed by atoms with Gasteiger partial charge in [0.05, 0.1) is 18.0 Å². The predicted molar refractivity (Wildman–Crippen MR) is 97.7 cm³/mol. The molecule has 4 nitrogen and oxygen atoms in total. The van der Waals surface area contributed by atoms with Crippen LogP contribution in [-0.4, -0.2) is 24.1 Å². The lowest BCUT2D eigenvalue weighted by molar-refractivity contribution is -0.122. The van der Waals surface area contributed by atoms with Crippen molar-refractivity contribution in [1.82, 2.24) is 5.32 Å². The molecule has 0 aliphatic heterocycles. The van der Waals surface area contributed by atoms with Crippen LogP contribution in [0.4, 0.5) is 5.69 Å². The minimum atomic E-state index is -0.259. The molecule has 2 rings (SSSR count). The molecule has 0 aromatic heterocycles. The third-order valence-corrected chi connectivity index (χ3v) is 4.64. The van der Waals surface area contributed by atoms with E-state index in [1.54, 1.807) is 6.07 Å². The average Bonchev–Trinajstić information content (AvgIpc) is 2.53. The van der Waals surface area contributed by atoms with Gasteiger partial charge < -0.3 is 10.6 Å². The van der Waals surface area contributed by atoms with Gasteiger partial charge >= 0.3 is 0 Å². The van der Waals surface area contributed by atoms with Crippen molar-refractivity contribution in [3.05, 3.63) is 58.6 Å². The van der Waals surface area contributed by atoms with Gasteiger partial charge in [0.1, 0.15) is 0 Å². The van der Waals surface area contributed by atoms with Crippen LogP contribution in [0, 0.1) is 6.92 Å². The summed E-state index contributed by atoms with van der Waals surface area (Å²) in [5, 5.41) is 5.36. The van der Waals surface area contributed by atoms with Gasteiger partial charge in [-0.1, -0.05) is 29.8 Å². The standard InChI is InChI=1S/C17H17BrN2O2S/c1-12-5-4-6-13(9-12)23-11-17(22)19-10-16(21)20-15-8-3-2-7-14(15)18/h2-9H,10-11H2,1H3,(H,19,22)(H,20,21). The maximum absolute atomic E-state index is 11.8. The van der Waals surface area contributed by atoms with Crippen LogP contribution in [0.25, 0.3) is 0 Å². The van der Waals surface area contributed by atoms with E-state index in [1.807, 2.05) is 49.4 Å². The van der Waals surface area contributed by atoms with Crippen molar-refractivity contribution in [1.29, 1.82) is 0 Å². The lowest BCUT2D eigenvalue weighted by atomic mass is 10.2. The summed E-state index contributed by atoms with van der Waals surface area (Å²) < 4.78 is 0.801. The van der Waals surface area contributed by atoms with Crippen molar-refractivity contribution < 1.29 is 9.59 Å². The van der Waals surface area contributed by atoms with Crippen LogP contribution in [0.2, 0.25) is 0 Å². The number of benzene rings is 2. The average molecular weight is 393 g/mol. The molecule has 0 saturated carbocycles. The summed E-state index contributed by atoms with van der Waals surface area (Å²) in [5.74, 6) is -0.143. The minimum absolute atomic E-state index is 0.0471. The Balaban J connectivity index is 1.74. The highest BCUT2D eigenvalue weighted by Gasteiger charge is 2.08. The molecular weight excluding hydrogens is 376 g/mol. The Morgan fingerprint density at radius 3 is 2.61 bits per heavy atom. The van der Waals surface area contributed by atoms with E-state index in [1.165, 1.54) is 11.8 Å². The minimum Gasteiger partial charge on any atom is -0.346 e. The molecule has 0 aliphatic rings. The molecule has 2 aromatic rings. The fourth-order valence-corrected chi connectivity index (χ4v) is 3.07. The van der Waals surface area contributed by atoms with Crippen LogP contribution in [0.3, 0.4) is 0 Å². The summed E-state index contributed by atoms with van der Waals surface area (Å²) in [6.45, 7) is 1.96. The second-order valence-electron chi connectivity index (χ2n) is 4.91. The van der Waals surface area contributed by atoms with Crippen LogP contribution in [-0.2, 0) is 9.59 Å². The first-order valence-electron chi connectivity index (χ1n) is 7.05. The number of rotatable bonds is 6. The third kappa shape index (κ3) is 6.08. The Labute approximate surface area is 148 Å². The Morgan fingerprint density at radius 2 is 1.87 bits per heavy atom. The molecule has 23 heavy (non-hydrogen) atoms. The molecule has 0 unspecified atom stereocenters. The lowest BCUT2D eigenvalue weighted by Crippen LogP contribution is -2.33. The molecule has 2 aromatic carbocycles. The number of thioether (sulfide) groups is 1. The van der Waals surface area contributed by atoms with Crippen LogP contribution in [0.1, 0.15) is 5.56 Å². The molecule has 0 atom stereocenters. The maximum atomic E-state index is 11.8. The second-order valence-corrected chi connectivity index (χ2v) is 6.81. The van der Waals surface area contributed by atoms with Gasteiger partial charge in [-0.3, -0.25) is 9.59 Å².